The molecule has 0 aliphatic carbocycles. The summed E-state index contributed by atoms with van der Waals surface area (Å²) < 4.78 is 23.8. The van der Waals surface area contributed by atoms with Gasteiger partial charge in [-0.05, 0) is 42.5 Å². The number of hydrogen-bond acceptors (Lipinski definition) is 5. The molecule has 0 unspecified atom stereocenters. The number of aromatic nitrogens is 1. The molecule has 0 radical (unpaired) electrons. The Labute approximate surface area is 131 Å². The van der Waals surface area contributed by atoms with Crippen molar-refractivity contribution in [1.82, 2.24) is 4.98 Å². The third-order valence-corrected chi connectivity index (χ3v) is 5.07. The van der Waals surface area contributed by atoms with Crippen molar-refractivity contribution in [1.29, 1.82) is 0 Å². The van der Waals surface area contributed by atoms with E-state index in [1.165, 1.54) is 35.6 Å². The molecule has 3 rings (SSSR count). The van der Waals surface area contributed by atoms with Crippen LogP contribution in [0.15, 0.2) is 52.9 Å². The normalized spacial score (nSPS) is 11.5. The smallest absolute Gasteiger partial charge is 0.255 e. The molecule has 0 saturated heterocycles. The Bertz CT molecular complexity index is 944. The van der Waals surface area contributed by atoms with E-state index in [1.54, 1.807) is 11.6 Å². The van der Waals surface area contributed by atoms with Gasteiger partial charge in [-0.1, -0.05) is 0 Å². The number of thiazole rings is 1. The van der Waals surface area contributed by atoms with Crippen LogP contribution >= 0.6 is 11.3 Å². The van der Waals surface area contributed by atoms with E-state index >= 15 is 0 Å². The first-order chi connectivity index (χ1) is 10.4. The largest absolute Gasteiger partial charge is 0.322 e. The highest BCUT2D eigenvalue weighted by Crippen LogP contribution is 2.22. The first-order valence-corrected chi connectivity index (χ1v) is 9.15. The Kier molecular flexibility index (Phi) is 3.67. The number of carbonyl (C=O) groups excluding carboxylic acids is 1. The highest BCUT2D eigenvalue weighted by Gasteiger charge is 2.10. The van der Waals surface area contributed by atoms with E-state index < -0.39 is 9.84 Å². The van der Waals surface area contributed by atoms with Gasteiger partial charge in [-0.3, -0.25) is 4.79 Å². The van der Waals surface area contributed by atoms with Crippen molar-refractivity contribution >= 4 is 43.0 Å². The SMILES string of the molecule is CS(=O)(=O)c1ccc(C(=O)Nc2ccc3scnc3c2)cc1. The number of anilines is 1. The number of hydrogen-bond donors (Lipinski definition) is 1. The number of fused-ring (bicyclic) bond motifs is 1. The Morgan fingerprint density at radius 1 is 1.14 bits per heavy atom. The maximum absolute atomic E-state index is 12.2. The number of carbonyl (C=O) groups is 1. The Balaban J connectivity index is 1.81. The topological polar surface area (TPSA) is 76.1 Å². The molecule has 3 aromatic rings. The van der Waals surface area contributed by atoms with Crippen LogP contribution in [-0.2, 0) is 9.84 Å². The minimum Gasteiger partial charge on any atom is -0.322 e. The van der Waals surface area contributed by atoms with Crippen molar-refractivity contribution in [2.45, 2.75) is 4.90 Å². The standard InChI is InChI=1S/C15H12N2O3S2/c1-22(19,20)12-5-2-10(3-6-12)15(18)17-11-4-7-14-13(8-11)16-9-21-14/h2-9H,1H3,(H,17,18). The van der Waals surface area contributed by atoms with Crippen LogP contribution in [0.2, 0.25) is 0 Å². The van der Waals surface area contributed by atoms with Gasteiger partial charge in [0, 0.05) is 17.5 Å². The molecule has 5 nitrogen and oxygen atoms in total. The van der Waals surface area contributed by atoms with E-state index in [2.05, 4.69) is 10.3 Å². The molecule has 22 heavy (non-hydrogen) atoms. The van der Waals surface area contributed by atoms with E-state index in [9.17, 15) is 13.2 Å². The summed E-state index contributed by atoms with van der Waals surface area (Å²) in [5.74, 6) is -0.297. The minimum absolute atomic E-state index is 0.188. The van der Waals surface area contributed by atoms with Gasteiger partial charge in [-0.2, -0.15) is 0 Å². The molecule has 0 fully saturated rings. The summed E-state index contributed by atoms with van der Waals surface area (Å²) in [6.45, 7) is 0. The van der Waals surface area contributed by atoms with Gasteiger partial charge in [-0.25, -0.2) is 13.4 Å². The predicted octanol–water partition coefficient (Wildman–Crippen LogP) is 2.95. The molecule has 0 saturated carbocycles. The summed E-state index contributed by atoms with van der Waals surface area (Å²) in [4.78, 5) is 16.6. The van der Waals surface area contributed by atoms with E-state index in [4.69, 9.17) is 0 Å². The second-order valence-electron chi connectivity index (χ2n) is 4.79. The monoisotopic (exact) mass is 332 g/mol. The number of benzene rings is 2. The third-order valence-electron chi connectivity index (χ3n) is 3.13. The second-order valence-corrected chi connectivity index (χ2v) is 7.69. The van der Waals surface area contributed by atoms with Crippen molar-refractivity contribution in [3.63, 3.8) is 0 Å². The fraction of sp³-hybridized carbons (Fsp3) is 0.0667. The maximum atomic E-state index is 12.2. The molecule has 2 aromatic carbocycles. The van der Waals surface area contributed by atoms with Gasteiger partial charge in [0.2, 0.25) is 0 Å². The molecule has 0 spiro atoms. The summed E-state index contributed by atoms with van der Waals surface area (Å²) in [5.41, 5.74) is 3.62. The lowest BCUT2D eigenvalue weighted by molar-refractivity contribution is 0.102. The fourth-order valence-corrected chi connectivity index (χ4v) is 3.28. The molecule has 1 amide bonds. The third kappa shape index (κ3) is 3.00. The Morgan fingerprint density at radius 2 is 1.86 bits per heavy atom. The first-order valence-electron chi connectivity index (χ1n) is 6.38. The fourth-order valence-electron chi connectivity index (χ4n) is 1.99. The van der Waals surface area contributed by atoms with Gasteiger partial charge < -0.3 is 5.32 Å². The number of amides is 1. The highest BCUT2D eigenvalue weighted by atomic mass is 32.2. The molecule has 1 heterocycles. The van der Waals surface area contributed by atoms with Crippen LogP contribution in [0.25, 0.3) is 10.2 Å². The number of sulfone groups is 1. The van der Waals surface area contributed by atoms with Crippen LogP contribution in [0.5, 0.6) is 0 Å². The van der Waals surface area contributed by atoms with Crippen molar-refractivity contribution < 1.29 is 13.2 Å². The molecule has 0 aliphatic heterocycles. The molecule has 7 heteroatoms. The van der Waals surface area contributed by atoms with Crippen LogP contribution in [-0.4, -0.2) is 25.6 Å². The molecular formula is C15H12N2O3S2. The zero-order valence-corrected chi connectivity index (χ0v) is 13.2. The van der Waals surface area contributed by atoms with E-state index in [0.29, 0.717) is 11.3 Å². The molecule has 0 bridgehead atoms. The van der Waals surface area contributed by atoms with Gasteiger partial charge in [0.25, 0.3) is 5.91 Å². The summed E-state index contributed by atoms with van der Waals surface area (Å²) in [5, 5.41) is 2.77. The lowest BCUT2D eigenvalue weighted by Gasteiger charge is -2.06. The maximum Gasteiger partial charge on any atom is 0.255 e. The molecule has 1 aromatic heterocycles. The Morgan fingerprint density at radius 3 is 2.55 bits per heavy atom. The van der Waals surface area contributed by atoms with Gasteiger partial charge >= 0.3 is 0 Å². The van der Waals surface area contributed by atoms with E-state index in [1.807, 2.05) is 12.1 Å². The second kappa shape index (κ2) is 5.51. The molecule has 0 atom stereocenters. The lowest BCUT2D eigenvalue weighted by atomic mass is 10.2. The van der Waals surface area contributed by atoms with Crippen molar-refractivity contribution in [2.24, 2.45) is 0 Å². The Hall–Kier alpha value is -2.25. The van der Waals surface area contributed by atoms with Gasteiger partial charge in [0.15, 0.2) is 9.84 Å². The van der Waals surface area contributed by atoms with Crippen LogP contribution in [0, 0.1) is 0 Å². The molecular weight excluding hydrogens is 320 g/mol. The van der Waals surface area contributed by atoms with Crippen LogP contribution in [0.1, 0.15) is 10.4 Å². The zero-order valence-electron chi connectivity index (χ0n) is 11.6. The first kappa shape index (κ1) is 14.7. The average molecular weight is 332 g/mol. The molecule has 0 aliphatic rings. The number of nitrogens with one attached hydrogen (secondary N) is 1. The van der Waals surface area contributed by atoms with Crippen molar-refractivity contribution in [2.75, 3.05) is 11.6 Å². The molecule has 1 N–H and O–H groups in total. The van der Waals surface area contributed by atoms with Crippen molar-refractivity contribution in [3.05, 3.63) is 53.5 Å². The molecule has 112 valence electrons. The van der Waals surface area contributed by atoms with Crippen LogP contribution in [0.4, 0.5) is 5.69 Å². The average Bonchev–Trinajstić information content (AvgIpc) is 2.94. The number of rotatable bonds is 3. The summed E-state index contributed by atoms with van der Waals surface area (Å²) in [6, 6.07) is 11.3. The quantitative estimate of drug-likeness (QED) is 0.800. The minimum atomic E-state index is -3.26. The zero-order chi connectivity index (χ0) is 15.7. The van der Waals surface area contributed by atoms with Gasteiger partial charge in [0.05, 0.1) is 20.6 Å². The predicted molar refractivity (Wildman–Crippen MR) is 87.1 cm³/mol. The summed E-state index contributed by atoms with van der Waals surface area (Å²) in [7, 11) is -3.26. The van der Waals surface area contributed by atoms with Gasteiger partial charge in [-0.15, -0.1) is 11.3 Å². The van der Waals surface area contributed by atoms with Crippen LogP contribution < -0.4 is 5.32 Å². The van der Waals surface area contributed by atoms with E-state index in [0.717, 1.165) is 16.5 Å². The lowest BCUT2D eigenvalue weighted by Crippen LogP contribution is -2.12. The summed E-state index contributed by atoms with van der Waals surface area (Å²) in [6.07, 6.45) is 1.13. The van der Waals surface area contributed by atoms with Crippen molar-refractivity contribution in [3.8, 4) is 0 Å². The van der Waals surface area contributed by atoms with Crippen LogP contribution in [0.3, 0.4) is 0 Å². The highest BCUT2D eigenvalue weighted by molar-refractivity contribution is 7.90. The van der Waals surface area contributed by atoms with E-state index in [-0.39, 0.29) is 10.8 Å². The number of nitrogens with zero attached hydrogens (tertiary/aromatic N) is 1. The van der Waals surface area contributed by atoms with Gasteiger partial charge in [0.1, 0.15) is 0 Å². The summed E-state index contributed by atoms with van der Waals surface area (Å²) >= 11 is 1.53.